The Morgan fingerprint density at radius 2 is 1.76 bits per heavy atom. The minimum absolute atomic E-state index is 0.613. The third-order valence-corrected chi connectivity index (χ3v) is 4.95. The van der Waals surface area contributed by atoms with Crippen molar-refractivity contribution in [2.75, 3.05) is 17.8 Å². The Balaban J connectivity index is 2.08. The zero-order chi connectivity index (χ0) is 12.3. The Morgan fingerprint density at radius 3 is 2.29 bits per heavy atom. The highest BCUT2D eigenvalue weighted by molar-refractivity contribution is 9.08. The van der Waals surface area contributed by atoms with E-state index in [1.165, 1.54) is 4.31 Å². The topological polar surface area (TPSA) is 49.4 Å². The number of alkyl halides is 1. The molecule has 0 aromatic heterocycles. The Kier molecular flexibility index (Phi) is 4.06. The monoisotopic (exact) mass is 318 g/mol. The lowest BCUT2D eigenvalue weighted by Gasteiger charge is -2.16. The van der Waals surface area contributed by atoms with Gasteiger partial charge < -0.3 is 0 Å². The van der Waals surface area contributed by atoms with E-state index in [-0.39, 0.29) is 0 Å². The van der Waals surface area contributed by atoms with Gasteiger partial charge in [-0.2, -0.15) is 12.7 Å². The number of benzene rings is 1. The van der Waals surface area contributed by atoms with Crippen molar-refractivity contribution in [3.8, 4) is 0 Å². The average Bonchev–Trinajstić information content (AvgIpc) is 2.84. The lowest BCUT2D eigenvalue weighted by molar-refractivity contribution is 0.482. The molecule has 4 nitrogen and oxygen atoms in total. The number of hydrogen-bond acceptors (Lipinski definition) is 2. The molecular weight excluding hydrogens is 304 g/mol. The lowest BCUT2D eigenvalue weighted by atomic mass is 10.2. The number of nitrogens with one attached hydrogen (secondary N) is 1. The standard InChI is InChI=1S/C11H15BrN2O2S/c12-9-10-3-5-11(6-4-10)13-17(15,16)14-7-1-2-8-14/h3-6,13H,1-2,7-9H2. The predicted octanol–water partition coefficient (Wildman–Crippen LogP) is 2.33. The molecule has 0 aliphatic carbocycles. The molecule has 0 radical (unpaired) electrons. The molecule has 0 bridgehead atoms. The van der Waals surface area contributed by atoms with Crippen molar-refractivity contribution >= 4 is 31.8 Å². The van der Waals surface area contributed by atoms with Crippen LogP contribution >= 0.6 is 15.9 Å². The minimum Gasteiger partial charge on any atom is -0.271 e. The second-order valence-corrected chi connectivity index (χ2v) is 6.28. The van der Waals surface area contributed by atoms with Crippen molar-refractivity contribution in [2.45, 2.75) is 18.2 Å². The summed E-state index contributed by atoms with van der Waals surface area (Å²) in [5.41, 5.74) is 1.73. The van der Waals surface area contributed by atoms with E-state index >= 15 is 0 Å². The van der Waals surface area contributed by atoms with Gasteiger partial charge >= 0.3 is 10.2 Å². The van der Waals surface area contributed by atoms with Gasteiger partial charge in [0.1, 0.15) is 0 Å². The van der Waals surface area contributed by atoms with E-state index in [4.69, 9.17) is 0 Å². The molecule has 1 fully saturated rings. The zero-order valence-corrected chi connectivity index (χ0v) is 11.8. The number of hydrogen-bond donors (Lipinski definition) is 1. The van der Waals surface area contributed by atoms with Gasteiger partial charge in [0.25, 0.3) is 0 Å². The summed E-state index contributed by atoms with van der Waals surface area (Å²) >= 11 is 3.35. The van der Waals surface area contributed by atoms with Gasteiger partial charge in [-0.15, -0.1) is 0 Å². The highest BCUT2D eigenvalue weighted by Gasteiger charge is 2.24. The van der Waals surface area contributed by atoms with E-state index in [1.54, 1.807) is 12.1 Å². The molecule has 1 aromatic rings. The van der Waals surface area contributed by atoms with Crippen LogP contribution in [0.4, 0.5) is 5.69 Å². The molecule has 1 N–H and O–H groups in total. The fourth-order valence-electron chi connectivity index (χ4n) is 1.80. The van der Waals surface area contributed by atoms with Gasteiger partial charge in [0.2, 0.25) is 0 Å². The maximum absolute atomic E-state index is 12.0. The second-order valence-electron chi connectivity index (χ2n) is 4.04. The molecule has 0 atom stereocenters. The van der Waals surface area contributed by atoms with Gasteiger partial charge in [-0.3, -0.25) is 4.72 Å². The highest BCUT2D eigenvalue weighted by atomic mass is 79.9. The van der Waals surface area contributed by atoms with Crippen molar-refractivity contribution in [2.24, 2.45) is 0 Å². The van der Waals surface area contributed by atoms with E-state index in [0.717, 1.165) is 23.7 Å². The molecule has 1 aliphatic rings. The van der Waals surface area contributed by atoms with Crippen molar-refractivity contribution in [1.29, 1.82) is 0 Å². The van der Waals surface area contributed by atoms with Crippen molar-refractivity contribution in [3.63, 3.8) is 0 Å². The van der Waals surface area contributed by atoms with E-state index in [0.29, 0.717) is 18.8 Å². The molecule has 17 heavy (non-hydrogen) atoms. The quantitative estimate of drug-likeness (QED) is 0.866. The Hall–Kier alpha value is -0.590. The molecule has 2 rings (SSSR count). The van der Waals surface area contributed by atoms with Crippen LogP contribution in [-0.4, -0.2) is 25.8 Å². The summed E-state index contributed by atoms with van der Waals surface area (Å²) in [7, 11) is -3.36. The molecule has 0 spiro atoms. The highest BCUT2D eigenvalue weighted by Crippen LogP contribution is 2.17. The van der Waals surface area contributed by atoms with E-state index in [1.807, 2.05) is 12.1 Å². The van der Waals surface area contributed by atoms with Gasteiger partial charge in [0.05, 0.1) is 0 Å². The van der Waals surface area contributed by atoms with Crippen LogP contribution in [0.3, 0.4) is 0 Å². The van der Waals surface area contributed by atoms with Crippen molar-refractivity contribution in [1.82, 2.24) is 4.31 Å². The van der Waals surface area contributed by atoms with Crippen LogP contribution < -0.4 is 4.72 Å². The smallest absolute Gasteiger partial charge is 0.271 e. The van der Waals surface area contributed by atoms with Crippen molar-refractivity contribution < 1.29 is 8.42 Å². The van der Waals surface area contributed by atoms with Crippen LogP contribution in [0.25, 0.3) is 0 Å². The van der Waals surface area contributed by atoms with Crippen LogP contribution in [0.2, 0.25) is 0 Å². The molecular formula is C11H15BrN2O2S. The van der Waals surface area contributed by atoms with Gasteiger partial charge in [-0.25, -0.2) is 0 Å². The average molecular weight is 319 g/mol. The van der Waals surface area contributed by atoms with E-state index in [2.05, 4.69) is 20.7 Å². The summed E-state index contributed by atoms with van der Waals surface area (Å²) in [6, 6.07) is 7.36. The van der Waals surface area contributed by atoms with Crippen molar-refractivity contribution in [3.05, 3.63) is 29.8 Å². The summed E-state index contributed by atoms with van der Waals surface area (Å²) in [6.07, 6.45) is 1.90. The normalized spacial score (nSPS) is 17.2. The maximum atomic E-state index is 12.0. The largest absolute Gasteiger partial charge is 0.301 e. The summed E-state index contributed by atoms with van der Waals surface area (Å²) in [5, 5.41) is 0.770. The zero-order valence-electron chi connectivity index (χ0n) is 9.39. The van der Waals surface area contributed by atoms with Crippen LogP contribution in [-0.2, 0) is 15.5 Å². The molecule has 94 valence electrons. The Labute approximate surface area is 110 Å². The van der Waals surface area contributed by atoms with Gasteiger partial charge in [0.15, 0.2) is 0 Å². The van der Waals surface area contributed by atoms with Crippen LogP contribution in [0.5, 0.6) is 0 Å². The molecule has 1 saturated heterocycles. The first-order chi connectivity index (χ1) is 8.12. The first-order valence-electron chi connectivity index (χ1n) is 5.54. The number of halogens is 1. The third-order valence-electron chi connectivity index (χ3n) is 2.76. The molecule has 1 aromatic carbocycles. The number of rotatable bonds is 4. The summed E-state index contributed by atoms with van der Waals surface area (Å²) < 4.78 is 28.0. The summed E-state index contributed by atoms with van der Waals surface area (Å²) in [4.78, 5) is 0. The van der Waals surface area contributed by atoms with E-state index in [9.17, 15) is 8.42 Å². The van der Waals surface area contributed by atoms with Crippen LogP contribution in [0, 0.1) is 0 Å². The third kappa shape index (κ3) is 3.20. The van der Waals surface area contributed by atoms with Crippen LogP contribution in [0.15, 0.2) is 24.3 Å². The van der Waals surface area contributed by atoms with Crippen LogP contribution in [0.1, 0.15) is 18.4 Å². The SMILES string of the molecule is O=S(=O)(Nc1ccc(CBr)cc1)N1CCCC1. The predicted molar refractivity (Wildman–Crippen MR) is 72.4 cm³/mol. The summed E-state index contributed by atoms with van der Waals surface area (Å²) in [6.45, 7) is 1.24. The van der Waals surface area contributed by atoms with Gasteiger partial charge in [-0.05, 0) is 30.5 Å². The molecule has 0 amide bonds. The van der Waals surface area contributed by atoms with E-state index < -0.39 is 10.2 Å². The summed E-state index contributed by atoms with van der Waals surface area (Å²) in [5.74, 6) is 0. The lowest BCUT2D eigenvalue weighted by Crippen LogP contribution is -2.33. The molecule has 0 unspecified atom stereocenters. The fourth-order valence-corrected chi connectivity index (χ4v) is 3.48. The molecule has 6 heteroatoms. The minimum atomic E-state index is -3.36. The second kappa shape index (κ2) is 5.37. The Morgan fingerprint density at radius 1 is 1.18 bits per heavy atom. The fraction of sp³-hybridized carbons (Fsp3) is 0.455. The number of anilines is 1. The first kappa shape index (κ1) is 12.9. The molecule has 1 aliphatic heterocycles. The Bertz CT molecular complexity index is 467. The maximum Gasteiger partial charge on any atom is 0.301 e. The molecule has 1 heterocycles. The molecule has 0 saturated carbocycles. The number of nitrogens with zero attached hydrogens (tertiary/aromatic N) is 1. The van der Waals surface area contributed by atoms with Gasteiger partial charge in [-0.1, -0.05) is 28.1 Å². The first-order valence-corrected chi connectivity index (χ1v) is 8.11. The van der Waals surface area contributed by atoms with Gasteiger partial charge in [0, 0.05) is 24.1 Å².